The first-order valence-electron chi connectivity index (χ1n) is 6.72. The van der Waals surface area contributed by atoms with Crippen molar-refractivity contribution >= 4 is 5.78 Å². The Bertz CT molecular complexity index is 242. The number of carbonyl (C=O) groups is 1. The van der Waals surface area contributed by atoms with Crippen molar-refractivity contribution in [1.82, 2.24) is 0 Å². The van der Waals surface area contributed by atoms with Gasteiger partial charge in [0.05, 0.1) is 12.7 Å². The van der Waals surface area contributed by atoms with Gasteiger partial charge in [-0.3, -0.25) is 4.79 Å². The molecule has 1 atom stereocenters. The Hall–Kier alpha value is -0.670. The van der Waals surface area contributed by atoms with Crippen LogP contribution in [0.3, 0.4) is 0 Å². The Morgan fingerprint density at radius 2 is 2.00 bits per heavy atom. The lowest BCUT2D eigenvalue weighted by atomic mass is 9.85. The summed E-state index contributed by atoms with van der Waals surface area (Å²) < 4.78 is 0. The molecule has 0 spiro atoms. The monoisotopic (exact) mass is 240 g/mol. The minimum atomic E-state index is -0.760. The van der Waals surface area contributed by atoms with Gasteiger partial charge in [-0.15, -0.1) is 0 Å². The van der Waals surface area contributed by atoms with Gasteiger partial charge in [-0.2, -0.15) is 0 Å². The SMILES string of the molecule is O=C(CCC/C=C\[C@@H](O)CO)C1CCCCC1. The Kier molecular flexibility index (Phi) is 7.13. The lowest BCUT2D eigenvalue weighted by molar-refractivity contribution is -0.123. The summed E-state index contributed by atoms with van der Waals surface area (Å²) in [6.45, 7) is -0.239. The molecule has 0 bridgehead atoms. The normalized spacial score (nSPS) is 19.6. The first-order chi connectivity index (χ1) is 8.24. The van der Waals surface area contributed by atoms with Gasteiger partial charge in [-0.1, -0.05) is 31.4 Å². The smallest absolute Gasteiger partial charge is 0.135 e. The van der Waals surface area contributed by atoms with Crippen LogP contribution in [0.1, 0.15) is 51.4 Å². The molecule has 0 aromatic heterocycles. The predicted octanol–water partition coefficient (Wildman–Crippen LogP) is 2.22. The van der Waals surface area contributed by atoms with E-state index in [1.807, 2.05) is 6.08 Å². The summed E-state index contributed by atoms with van der Waals surface area (Å²) in [6.07, 6.45) is 10.8. The number of ketones is 1. The second-order valence-electron chi connectivity index (χ2n) is 4.87. The second-order valence-corrected chi connectivity index (χ2v) is 4.87. The fraction of sp³-hybridized carbons (Fsp3) is 0.786. The molecular weight excluding hydrogens is 216 g/mol. The van der Waals surface area contributed by atoms with Crippen molar-refractivity contribution in [2.75, 3.05) is 6.61 Å². The number of aliphatic hydroxyl groups is 2. The molecule has 0 aromatic carbocycles. The summed E-state index contributed by atoms with van der Waals surface area (Å²) in [5.41, 5.74) is 0. The molecule has 0 unspecified atom stereocenters. The molecule has 1 saturated carbocycles. The van der Waals surface area contributed by atoms with Crippen LogP contribution in [0.4, 0.5) is 0 Å². The van der Waals surface area contributed by atoms with Gasteiger partial charge in [0, 0.05) is 12.3 Å². The highest BCUT2D eigenvalue weighted by molar-refractivity contribution is 5.80. The van der Waals surface area contributed by atoms with Crippen molar-refractivity contribution in [3.8, 4) is 0 Å². The lowest BCUT2D eigenvalue weighted by Crippen LogP contribution is -2.17. The van der Waals surface area contributed by atoms with Crippen LogP contribution in [-0.2, 0) is 4.79 Å². The fourth-order valence-corrected chi connectivity index (χ4v) is 2.34. The molecule has 98 valence electrons. The number of carbonyl (C=O) groups excluding carboxylic acids is 1. The minimum Gasteiger partial charge on any atom is -0.393 e. The molecule has 0 aromatic rings. The van der Waals surface area contributed by atoms with E-state index < -0.39 is 6.10 Å². The van der Waals surface area contributed by atoms with Gasteiger partial charge in [-0.25, -0.2) is 0 Å². The topological polar surface area (TPSA) is 57.5 Å². The van der Waals surface area contributed by atoms with Gasteiger partial charge in [0.15, 0.2) is 0 Å². The van der Waals surface area contributed by atoms with Crippen molar-refractivity contribution in [2.24, 2.45) is 5.92 Å². The van der Waals surface area contributed by atoms with Crippen LogP contribution in [0, 0.1) is 5.92 Å². The van der Waals surface area contributed by atoms with Crippen molar-refractivity contribution in [2.45, 2.75) is 57.5 Å². The van der Waals surface area contributed by atoms with Crippen LogP contribution in [0.2, 0.25) is 0 Å². The predicted molar refractivity (Wildman–Crippen MR) is 67.7 cm³/mol. The quantitative estimate of drug-likeness (QED) is 0.530. The molecule has 17 heavy (non-hydrogen) atoms. The maximum absolute atomic E-state index is 11.8. The second kappa shape index (κ2) is 8.43. The summed E-state index contributed by atoms with van der Waals surface area (Å²) in [7, 11) is 0. The van der Waals surface area contributed by atoms with Gasteiger partial charge in [0.2, 0.25) is 0 Å². The van der Waals surface area contributed by atoms with Crippen LogP contribution in [0.15, 0.2) is 12.2 Å². The average Bonchev–Trinajstić information content (AvgIpc) is 2.38. The zero-order chi connectivity index (χ0) is 12.5. The van der Waals surface area contributed by atoms with Crippen molar-refractivity contribution in [3.05, 3.63) is 12.2 Å². The number of Topliss-reactive ketones (excluding diaryl/α,β-unsaturated/α-hetero) is 1. The standard InChI is InChI=1S/C14H24O3/c15-11-13(16)9-5-2-6-10-14(17)12-7-3-1-4-8-12/h5,9,12-13,15-16H,1-4,6-8,10-11H2/b9-5-/t13-/m1/s1. The van der Waals surface area contributed by atoms with Crippen LogP contribution >= 0.6 is 0 Å². The molecule has 3 heteroatoms. The number of unbranched alkanes of at least 4 members (excludes halogenated alkanes) is 1. The number of rotatable bonds is 7. The van der Waals surface area contributed by atoms with E-state index in [0.717, 1.165) is 25.7 Å². The summed E-state index contributed by atoms with van der Waals surface area (Å²) in [5, 5.41) is 17.7. The molecule has 0 heterocycles. The average molecular weight is 240 g/mol. The van der Waals surface area contributed by atoms with Gasteiger partial charge in [0.1, 0.15) is 5.78 Å². The number of allylic oxidation sites excluding steroid dienone is 1. The Balaban J connectivity index is 2.09. The number of aliphatic hydroxyl groups excluding tert-OH is 2. The van der Waals surface area contributed by atoms with E-state index in [4.69, 9.17) is 10.2 Å². The van der Waals surface area contributed by atoms with Gasteiger partial charge in [0.25, 0.3) is 0 Å². The highest BCUT2D eigenvalue weighted by atomic mass is 16.3. The van der Waals surface area contributed by atoms with E-state index in [-0.39, 0.29) is 6.61 Å². The van der Waals surface area contributed by atoms with Gasteiger partial charge in [-0.05, 0) is 25.7 Å². The Morgan fingerprint density at radius 3 is 2.65 bits per heavy atom. The third-order valence-corrected chi connectivity index (χ3v) is 3.40. The molecule has 0 aliphatic heterocycles. The zero-order valence-corrected chi connectivity index (χ0v) is 10.5. The van der Waals surface area contributed by atoms with E-state index >= 15 is 0 Å². The first-order valence-corrected chi connectivity index (χ1v) is 6.72. The lowest BCUT2D eigenvalue weighted by Gasteiger charge is -2.19. The van der Waals surface area contributed by atoms with Gasteiger partial charge >= 0.3 is 0 Å². The molecular formula is C14H24O3. The molecule has 1 aliphatic rings. The zero-order valence-electron chi connectivity index (χ0n) is 10.5. The summed E-state index contributed by atoms with van der Waals surface area (Å²) in [4.78, 5) is 11.8. The molecule has 1 rings (SSSR count). The third-order valence-electron chi connectivity index (χ3n) is 3.40. The van der Waals surface area contributed by atoms with Gasteiger partial charge < -0.3 is 10.2 Å². The molecule has 3 nitrogen and oxygen atoms in total. The van der Waals surface area contributed by atoms with Crippen LogP contribution < -0.4 is 0 Å². The molecule has 1 aliphatic carbocycles. The van der Waals surface area contributed by atoms with Crippen LogP contribution in [0.5, 0.6) is 0 Å². The molecule has 0 radical (unpaired) electrons. The van der Waals surface area contributed by atoms with Crippen LogP contribution in [-0.4, -0.2) is 28.7 Å². The van der Waals surface area contributed by atoms with Crippen molar-refractivity contribution < 1.29 is 15.0 Å². The molecule has 0 saturated heterocycles. The Morgan fingerprint density at radius 1 is 1.29 bits per heavy atom. The van der Waals surface area contributed by atoms with E-state index in [0.29, 0.717) is 18.1 Å². The number of hydrogen-bond acceptors (Lipinski definition) is 3. The van der Waals surface area contributed by atoms with Crippen LogP contribution in [0.25, 0.3) is 0 Å². The molecule has 2 N–H and O–H groups in total. The summed E-state index contributed by atoms with van der Waals surface area (Å²) >= 11 is 0. The van der Waals surface area contributed by atoms with E-state index in [1.54, 1.807) is 6.08 Å². The molecule has 0 amide bonds. The van der Waals surface area contributed by atoms with E-state index in [2.05, 4.69) is 0 Å². The highest BCUT2D eigenvalue weighted by Gasteiger charge is 2.19. The van der Waals surface area contributed by atoms with Crippen molar-refractivity contribution in [3.63, 3.8) is 0 Å². The maximum atomic E-state index is 11.8. The maximum Gasteiger partial charge on any atom is 0.135 e. The highest BCUT2D eigenvalue weighted by Crippen LogP contribution is 2.25. The fourth-order valence-electron chi connectivity index (χ4n) is 2.34. The molecule has 1 fully saturated rings. The third kappa shape index (κ3) is 5.99. The first kappa shape index (κ1) is 14.4. The number of hydrogen-bond donors (Lipinski definition) is 2. The van der Waals surface area contributed by atoms with E-state index in [1.165, 1.54) is 19.3 Å². The largest absolute Gasteiger partial charge is 0.393 e. The van der Waals surface area contributed by atoms with Crippen molar-refractivity contribution in [1.29, 1.82) is 0 Å². The van der Waals surface area contributed by atoms with E-state index in [9.17, 15) is 4.79 Å². The minimum absolute atomic E-state index is 0.239. The summed E-state index contributed by atoms with van der Waals surface area (Å²) in [6, 6.07) is 0. The Labute approximate surface area is 104 Å². The summed E-state index contributed by atoms with van der Waals surface area (Å²) in [5.74, 6) is 0.733.